The third-order valence-corrected chi connectivity index (χ3v) is 7.99. The Morgan fingerprint density at radius 2 is 1.62 bits per heavy atom. The van der Waals surface area contributed by atoms with E-state index in [-0.39, 0.29) is 42.2 Å². The largest absolute Gasteiger partial charge is 0.338 e. The number of sulfonamides is 1. The first kappa shape index (κ1) is 23.5. The number of amides is 3. The molecule has 3 amide bonds. The molecule has 2 heterocycles. The zero-order valence-corrected chi connectivity index (χ0v) is 19.3. The normalized spacial score (nSPS) is 17.6. The van der Waals surface area contributed by atoms with Gasteiger partial charge < -0.3 is 4.90 Å². The van der Waals surface area contributed by atoms with Crippen molar-refractivity contribution < 1.29 is 27.7 Å². The molecule has 0 unspecified atom stereocenters. The molecule has 4 rings (SSSR count). The maximum Gasteiger partial charge on any atom is 0.282 e. The Balaban J connectivity index is 1.47. The molecule has 2 aliphatic heterocycles. The van der Waals surface area contributed by atoms with Crippen LogP contribution in [0, 0.1) is 17.0 Å². The summed E-state index contributed by atoms with van der Waals surface area (Å²) in [6.07, 6.45) is 0. The fraction of sp³-hybridized carbons (Fsp3) is 0.318. The van der Waals surface area contributed by atoms with Gasteiger partial charge in [-0.2, -0.15) is 4.31 Å². The van der Waals surface area contributed by atoms with Crippen LogP contribution in [0.3, 0.4) is 0 Å². The SMILES string of the molecule is Cc1ccc(S(=O)(=O)N2CCN(C(=O)[C@H](C)N3C(=O)c4cccc([N+](=O)[O-])c4C3=O)CC2)cc1. The number of piperazine rings is 1. The van der Waals surface area contributed by atoms with Crippen LogP contribution in [0.2, 0.25) is 0 Å². The van der Waals surface area contributed by atoms with E-state index in [1.807, 2.05) is 6.92 Å². The minimum absolute atomic E-state index is 0.0578. The van der Waals surface area contributed by atoms with Crippen molar-refractivity contribution in [1.82, 2.24) is 14.1 Å². The Labute approximate surface area is 195 Å². The quantitative estimate of drug-likeness (QED) is 0.354. The predicted molar refractivity (Wildman–Crippen MR) is 120 cm³/mol. The molecule has 1 fully saturated rings. The zero-order chi connectivity index (χ0) is 24.8. The molecule has 1 atom stereocenters. The van der Waals surface area contributed by atoms with E-state index in [0.717, 1.165) is 16.5 Å². The van der Waals surface area contributed by atoms with Crippen molar-refractivity contribution >= 4 is 33.4 Å². The Morgan fingerprint density at radius 1 is 1.00 bits per heavy atom. The summed E-state index contributed by atoms with van der Waals surface area (Å²) in [5.74, 6) is -2.21. The lowest BCUT2D eigenvalue weighted by Crippen LogP contribution is -2.55. The van der Waals surface area contributed by atoms with Crippen LogP contribution in [0.4, 0.5) is 5.69 Å². The fourth-order valence-electron chi connectivity index (χ4n) is 4.17. The Hall–Kier alpha value is -3.64. The highest BCUT2D eigenvalue weighted by Crippen LogP contribution is 2.32. The van der Waals surface area contributed by atoms with Gasteiger partial charge in [0.2, 0.25) is 15.9 Å². The average molecular weight is 487 g/mol. The molecule has 34 heavy (non-hydrogen) atoms. The molecule has 2 aliphatic rings. The summed E-state index contributed by atoms with van der Waals surface area (Å²) in [5.41, 5.74) is -0.00575. The lowest BCUT2D eigenvalue weighted by Gasteiger charge is -2.36. The molecule has 0 aliphatic carbocycles. The van der Waals surface area contributed by atoms with Gasteiger partial charge >= 0.3 is 0 Å². The van der Waals surface area contributed by atoms with Gasteiger partial charge in [-0.05, 0) is 32.0 Å². The number of rotatable bonds is 5. The molecule has 178 valence electrons. The molecule has 0 aromatic heterocycles. The van der Waals surface area contributed by atoms with E-state index in [2.05, 4.69) is 0 Å². The van der Waals surface area contributed by atoms with Crippen molar-refractivity contribution in [3.63, 3.8) is 0 Å². The molecule has 0 bridgehead atoms. The van der Waals surface area contributed by atoms with Gasteiger partial charge in [-0.3, -0.25) is 29.4 Å². The molecule has 0 saturated carbocycles. The van der Waals surface area contributed by atoms with Crippen LogP contribution in [-0.4, -0.2) is 77.4 Å². The first-order valence-electron chi connectivity index (χ1n) is 10.5. The molecule has 11 nitrogen and oxygen atoms in total. The highest BCUT2D eigenvalue weighted by atomic mass is 32.2. The lowest BCUT2D eigenvalue weighted by molar-refractivity contribution is -0.385. The van der Waals surface area contributed by atoms with Gasteiger partial charge in [0.05, 0.1) is 15.4 Å². The van der Waals surface area contributed by atoms with Crippen LogP contribution in [0.25, 0.3) is 0 Å². The minimum Gasteiger partial charge on any atom is -0.338 e. The van der Waals surface area contributed by atoms with Crippen molar-refractivity contribution in [3.8, 4) is 0 Å². The van der Waals surface area contributed by atoms with E-state index >= 15 is 0 Å². The molecule has 0 spiro atoms. The van der Waals surface area contributed by atoms with Crippen LogP contribution in [0.15, 0.2) is 47.4 Å². The van der Waals surface area contributed by atoms with Crippen LogP contribution >= 0.6 is 0 Å². The fourth-order valence-corrected chi connectivity index (χ4v) is 5.59. The molecule has 0 radical (unpaired) electrons. The third-order valence-electron chi connectivity index (χ3n) is 6.07. The average Bonchev–Trinajstić information content (AvgIpc) is 3.08. The van der Waals surface area contributed by atoms with Crippen molar-refractivity contribution in [2.45, 2.75) is 24.8 Å². The number of aryl methyl sites for hydroxylation is 1. The van der Waals surface area contributed by atoms with E-state index < -0.39 is 44.4 Å². The van der Waals surface area contributed by atoms with Gasteiger partial charge in [0, 0.05) is 32.2 Å². The maximum atomic E-state index is 13.1. The first-order valence-corrected chi connectivity index (χ1v) is 12.0. The molecule has 2 aromatic rings. The van der Waals surface area contributed by atoms with Crippen LogP contribution in [-0.2, 0) is 14.8 Å². The Morgan fingerprint density at radius 3 is 2.21 bits per heavy atom. The molecular weight excluding hydrogens is 464 g/mol. The zero-order valence-electron chi connectivity index (χ0n) is 18.5. The first-order chi connectivity index (χ1) is 16.0. The number of nitrogens with zero attached hydrogens (tertiary/aromatic N) is 4. The van der Waals surface area contributed by atoms with Crippen molar-refractivity contribution in [2.75, 3.05) is 26.2 Å². The number of imide groups is 1. The van der Waals surface area contributed by atoms with Crippen molar-refractivity contribution in [3.05, 3.63) is 69.3 Å². The maximum absolute atomic E-state index is 13.1. The van der Waals surface area contributed by atoms with E-state index in [0.29, 0.717) is 0 Å². The smallest absolute Gasteiger partial charge is 0.282 e. The van der Waals surface area contributed by atoms with Gasteiger partial charge in [-0.25, -0.2) is 8.42 Å². The third kappa shape index (κ3) is 3.84. The topological polar surface area (TPSA) is 138 Å². The van der Waals surface area contributed by atoms with Crippen molar-refractivity contribution in [2.24, 2.45) is 0 Å². The van der Waals surface area contributed by atoms with E-state index in [9.17, 15) is 32.9 Å². The second-order valence-electron chi connectivity index (χ2n) is 8.16. The van der Waals surface area contributed by atoms with Gasteiger partial charge in [0.25, 0.3) is 17.5 Å². The van der Waals surface area contributed by atoms with Gasteiger partial charge in [0.15, 0.2) is 0 Å². The number of nitro groups is 1. The summed E-state index contributed by atoms with van der Waals surface area (Å²) >= 11 is 0. The highest BCUT2D eigenvalue weighted by molar-refractivity contribution is 7.89. The second-order valence-corrected chi connectivity index (χ2v) is 10.1. The molecule has 2 aromatic carbocycles. The summed E-state index contributed by atoms with van der Waals surface area (Å²) in [4.78, 5) is 51.6. The number of fused-ring (bicyclic) bond motifs is 1. The summed E-state index contributed by atoms with van der Waals surface area (Å²) in [7, 11) is -3.72. The van der Waals surface area contributed by atoms with E-state index in [1.165, 1.54) is 40.4 Å². The highest BCUT2D eigenvalue weighted by Gasteiger charge is 2.46. The Kier molecular flexibility index (Phi) is 5.96. The predicted octanol–water partition coefficient (Wildman–Crippen LogP) is 1.42. The standard InChI is InChI=1S/C22H22N4O7S/c1-14-6-8-16(9-7-14)34(32,33)24-12-10-23(11-13-24)20(27)15(2)25-21(28)17-4-3-5-18(26(30)31)19(17)22(25)29/h3-9,15H,10-13H2,1-2H3/t15-/m0/s1. The number of hydrogen-bond donors (Lipinski definition) is 0. The van der Waals surface area contributed by atoms with E-state index in [1.54, 1.807) is 12.1 Å². The monoisotopic (exact) mass is 486 g/mol. The number of carbonyl (C=O) groups is 3. The number of benzene rings is 2. The second kappa shape index (κ2) is 8.61. The minimum atomic E-state index is -3.72. The molecular formula is C22H22N4O7S. The van der Waals surface area contributed by atoms with Gasteiger partial charge in [-0.1, -0.05) is 23.8 Å². The number of carbonyl (C=O) groups excluding carboxylic acids is 3. The van der Waals surface area contributed by atoms with Gasteiger partial charge in [0.1, 0.15) is 11.6 Å². The van der Waals surface area contributed by atoms with Gasteiger partial charge in [-0.15, -0.1) is 0 Å². The lowest BCUT2D eigenvalue weighted by atomic mass is 10.1. The van der Waals surface area contributed by atoms with E-state index in [4.69, 9.17) is 0 Å². The van der Waals surface area contributed by atoms with Crippen LogP contribution < -0.4 is 0 Å². The molecule has 12 heteroatoms. The summed E-state index contributed by atoms with van der Waals surface area (Å²) in [6, 6.07) is 9.04. The Bertz CT molecular complexity index is 1300. The molecule has 0 N–H and O–H groups in total. The van der Waals surface area contributed by atoms with Crippen molar-refractivity contribution in [1.29, 1.82) is 0 Å². The van der Waals surface area contributed by atoms with Crippen LogP contribution in [0.5, 0.6) is 0 Å². The summed E-state index contributed by atoms with van der Waals surface area (Å²) < 4.78 is 27.1. The molecule has 1 saturated heterocycles. The number of nitro benzene ring substituents is 1. The summed E-state index contributed by atoms with van der Waals surface area (Å²) in [6.45, 7) is 3.51. The number of hydrogen-bond acceptors (Lipinski definition) is 7. The summed E-state index contributed by atoms with van der Waals surface area (Å²) in [5, 5.41) is 11.3. The van der Waals surface area contributed by atoms with Crippen LogP contribution in [0.1, 0.15) is 33.2 Å².